The summed E-state index contributed by atoms with van der Waals surface area (Å²) in [4.78, 5) is 0. The molecule has 2 rings (SSSR count). The molecule has 0 spiro atoms. The summed E-state index contributed by atoms with van der Waals surface area (Å²) in [6, 6.07) is 8.47. The first-order chi connectivity index (χ1) is 7.76. The van der Waals surface area contributed by atoms with Crippen LogP contribution in [0.2, 0.25) is 0 Å². The average Bonchev–Trinajstić information content (AvgIpc) is 2.77. The van der Waals surface area contributed by atoms with Gasteiger partial charge in [-0.25, -0.2) is 0 Å². The lowest BCUT2D eigenvalue weighted by Crippen LogP contribution is -1.88. The molecule has 0 bridgehead atoms. The minimum Gasteiger partial charge on any atom is -0.193 e. The molecule has 0 amide bonds. The molecule has 1 aromatic carbocycles. The van der Waals surface area contributed by atoms with Crippen molar-refractivity contribution in [3.05, 3.63) is 40.5 Å². The first-order valence-corrected chi connectivity index (χ1v) is 6.05. The summed E-state index contributed by atoms with van der Waals surface area (Å²) in [5.41, 5.74) is 4.48. The van der Waals surface area contributed by atoms with Crippen molar-refractivity contribution in [2.45, 2.75) is 32.6 Å². The van der Waals surface area contributed by atoms with Crippen LogP contribution in [0.15, 0.2) is 23.8 Å². The maximum atomic E-state index is 8.96. The molecule has 1 aliphatic rings. The Labute approximate surface area is 101 Å². The number of allylic oxidation sites excluding steroid dienone is 1. The number of hydrogen-bond acceptors (Lipinski definition) is 1. The van der Waals surface area contributed by atoms with E-state index in [9.17, 15) is 0 Å². The zero-order chi connectivity index (χ0) is 11.5. The molecular weight excluding hydrogens is 218 g/mol. The Bertz CT molecular complexity index is 480. The highest BCUT2D eigenvalue weighted by atomic mass is 35.5. The van der Waals surface area contributed by atoms with Crippen LogP contribution >= 0.6 is 11.6 Å². The van der Waals surface area contributed by atoms with Gasteiger partial charge in [0.2, 0.25) is 0 Å². The highest BCUT2D eigenvalue weighted by molar-refractivity contribution is 6.49. The van der Waals surface area contributed by atoms with E-state index in [2.05, 4.69) is 18.2 Å². The molecule has 82 valence electrons. The van der Waals surface area contributed by atoms with Crippen LogP contribution in [0.5, 0.6) is 0 Å². The molecule has 1 aromatic rings. The van der Waals surface area contributed by atoms with E-state index in [1.54, 1.807) is 0 Å². The summed E-state index contributed by atoms with van der Waals surface area (Å²) in [6.45, 7) is 1.95. The van der Waals surface area contributed by atoms with Crippen LogP contribution in [0, 0.1) is 11.3 Å². The van der Waals surface area contributed by atoms with Gasteiger partial charge in [-0.3, -0.25) is 0 Å². The van der Waals surface area contributed by atoms with Gasteiger partial charge in [-0.15, -0.1) is 0 Å². The number of nitrogens with zero attached hydrogens (tertiary/aromatic N) is 1. The second-order valence-corrected chi connectivity index (χ2v) is 4.47. The molecule has 16 heavy (non-hydrogen) atoms. The summed E-state index contributed by atoms with van der Waals surface area (Å²) in [5.74, 6) is 0. The minimum absolute atomic E-state index is 0.611. The third kappa shape index (κ3) is 1.99. The second kappa shape index (κ2) is 4.72. The van der Waals surface area contributed by atoms with Gasteiger partial charge in [0.15, 0.2) is 0 Å². The van der Waals surface area contributed by atoms with Gasteiger partial charge in [0.1, 0.15) is 0 Å². The van der Waals surface area contributed by atoms with E-state index in [0.717, 1.165) is 12.0 Å². The molecule has 0 radical (unpaired) electrons. The molecular formula is C14H14ClN. The Kier molecular flexibility index (Phi) is 3.31. The normalized spacial score (nSPS) is 15.3. The Hall–Kier alpha value is -1.26. The highest BCUT2D eigenvalue weighted by Gasteiger charge is 2.13. The van der Waals surface area contributed by atoms with Crippen molar-refractivity contribution in [3.63, 3.8) is 0 Å². The number of nitriles is 1. The quantitative estimate of drug-likeness (QED) is 0.705. The van der Waals surface area contributed by atoms with Crippen molar-refractivity contribution in [2.24, 2.45) is 0 Å². The van der Waals surface area contributed by atoms with Crippen LogP contribution in [0.3, 0.4) is 0 Å². The Morgan fingerprint density at radius 2 is 2.12 bits per heavy atom. The lowest BCUT2D eigenvalue weighted by Gasteiger charge is -2.05. The Morgan fingerprint density at radius 1 is 1.38 bits per heavy atom. The standard InChI is InChI=1S/C14H14ClN/c1-2-10(9-16)14(15)13-7-6-11-4-3-5-12(11)8-13/h6-8H,2-5H2,1H3. The largest absolute Gasteiger partial charge is 0.193 e. The lowest BCUT2D eigenvalue weighted by atomic mass is 10.0. The summed E-state index contributed by atoms with van der Waals surface area (Å²) in [7, 11) is 0. The first kappa shape index (κ1) is 11.2. The van der Waals surface area contributed by atoms with E-state index in [-0.39, 0.29) is 0 Å². The third-order valence-corrected chi connectivity index (χ3v) is 3.55. The van der Waals surface area contributed by atoms with E-state index in [1.807, 2.05) is 13.0 Å². The fourth-order valence-electron chi connectivity index (χ4n) is 2.17. The van der Waals surface area contributed by atoms with E-state index < -0.39 is 0 Å². The maximum Gasteiger partial charge on any atom is 0.0962 e. The summed E-state index contributed by atoms with van der Waals surface area (Å²) < 4.78 is 0. The molecule has 1 nitrogen and oxygen atoms in total. The molecule has 1 aliphatic carbocycles. The molecule has 0 aliphatic heterocycles. The van der Waals surface area contributed by atoms with Gasteiger partial charge in [-0.05, 0) is 48.4 Å². The lowest BCUT2D eigenvalue weighted by molar-refractivity contribution is 0.912. The van der Waals surface area contributed by atoms with Gasteiger partial charge in [-0.1, -0.05) is 30.7 Å². The maximum absolute atomic E-state index is 8.96. The van der Waals surface area contributed by atoms with Crippen LogP contribution in [-0.4, -0.2) is 0 Å². The van der Waals surface area contributed by atoms with Gasteiger partial charge in [-0.2, -0.15) is 5.26 Å². The molecule has 0 fully saturated rings. The van der Waals surface area contributed by atoms with Gasteiger partial charge < -0.3 is 0 Å². The summed E-state index contributed by atoms with van der Waals surface area (Å²) >= 11 is 6.23. The van der Waals surface area contributed by atoms with Gasteiger partial charge in [0.25, 0.3) is 0 Å². The van der Waals surface area contributed by atoms with Crippen molar-refractivity contribution in [3.8, 4) is 6.07 Å². The zero-order valence-electron chi connectivity index (χ0n) is 9.39. The molecule has 0 saturated carbocycles. The second-order valence-electron chi connectivity index (χ2n) is 4.09. The van der Waals surface area contributed by atoms with E-state index in [0.29, 0.717) is 17.0 Å². The third-order valence-electron chi connectivity index (χ3n) is 3.11. The topological polar surface area (TPSA) is 23.8 Å². The van der Waals surface area contributed by atoms with E-state index in [4.69, 9.17) is 16.9 Å². The van der Waals surface area contributed by atoms with Crippen molar-refractivity contribution in [2.75, 3.05) is 0 Å². The predicted molar refractivity (Wildman–Crippen MR) is 67.1 cm³/mol. The minimum atomic E-state index is 0.611. The number of rotatable bonds is 2. The van der Waals surface area contributed by atoms with Crippen molar-refractivity contribution < 1.29 is 0 Å². The molecule has 0 N–H and O–H groups in total. The van der Waals surface area contributed by atoms with Gasteiger partial charge in [0, 0.05) is 5.57 Å². The summed E-state index contributed by atoms with van der Waals surface area (Å²) in [6.07, 6.45) is 4.24. The monoisotopic (exact) mass is 231 g/mol. The van der Waals surface area contributed by atoms with E-state index >= 15 is 0 Å². The number of aryl methyl sites for hydroxylation is 2. The number of hydrogen-bond donors (Lipinski definition) is 0. The number of halogens is 1. The number of fused-ring (bicyclic) bond motifs is 1. The van der Waals surface area contributed by atoms with Crippen molar-refractivity contribution in [1.29, 1.82) is 5.26 Å². The molecule has 0 aromatic heterocycles. The van der Waals surface area contributed by atoms with E-state index in [1.165, 1.54) is 24.0 Å². The Morgan fingerprint density at radius 3 is 2.81 bits per heavy atom. The SMILES string of the molecule is CCC(C#N)=C(Cl)c1ccc2c(c1)CCC2. The average molecular weight is 232 g/mol. The van der Waals surface area contributed by atoms with Crippen LogP contribution < -0.4 is 0 Å². The van der Waals surface area contributed by atoms with Gasteiger partial charge >= 0.3 is 0 Å². The van der Waals surface area contributed by atoms with Crippen LogP contribution in [0.4, 0.5) is 0 Å². The fraction of sp³-hybridized carbons (Fsp3) is 0.357. The molecule has 0 atom stereocenters. The van der Waals surface area contributed by atoms with Crippen LogP contribution in [0.25, 0.3) is 5.03 Å². The van der Waals surface area contributed by atoms with Crippen molar-refractivity contribution >= 4 is 16.6 Å². The predicted octanol–water partition coefficient (Wildman–Crippen LogP) is 4.06. The van der Waals surface area contributed by atoms with Crippen LogP contribution in [-0.2, 0) is 12.8 Å². The Balaban J connectivity index is 2.43. The summed E-state index contributed by atoms with van der Waals surface area (Å²) in [5, 5.41) is 9.57. The van der Waals surface area contributed by atoms with Crippen molar-refractivity contribution in [1.82, 2.24) is 0 Å². The highest BCUT2D eigenvalue weighted by Crippen LogP contribution is 2.29. The first-order valence-electron chi connectivity index (χ1n) is 5.67. The molecule has 0 saturated heterocycles. The number of benzene rings is 1. The zero-order valence-corrected chi connectivity index (χ0v) is 10.1. The van der Waals surface area contributed by atoms with Crippen LogP contribution in [0.1, 0.15) is 36.5 Å². The molecule has 0 heterocycles. The fourth-order valence-corrected chi connectivity index (χ4v) is 2.46. The smallest absolute Gasteiger partial charge is 0.0962 e. The molecule has 2 heteroatoms. The van der Waals surface area contributed by atoms with Gasteiger partial charge in [0.05, 0.1) is 11.1 Å². The molecule has 0 unspecified atom stereocenters.